The van der Waals surface area contributed by atoms with Gasteiger partial charge in [0.1, 0.15) is 18.6 Å². The summed E-state index contributed by atoms with van der Waals surface area (Å²) in [5.74, 6) is 1.79. The molecule has 3 rings (SSSR count). The van der Waals surface area contributed by atoms with Crippen molar-refractivity contribution in [3.63, 3.8) is 0 Å². The van der Waals surface area contributed by atoms with Gasteiger partial charge in [0, 0.05) is 19.2 Å². The van der Waals surface area contributed by atoms with E-state index in [0.29, 0.717) is 0 Å². The molecule has 0 spiro atoms. The number of hydrogen-bond donors (Lipinski definition) is 0. The van der Waals surface area contributed by atoms with Crippen LogP contribution in [0.2, 0.25) is 0 Å². The summed E-state index contributed by atoms with van der Waals surface area (Å²) >= 11 is 0. The first-order chi connectivity index (χ1) is 9.19. The van der Waals surface area contributed by atoms with Crippen molar-refractivity contribution >= 4 is 11.0 Å². The molecule has 0 amide bonds. The summed E-state index contributed by atoms with van der Waals surface area (Å²) in [6.07, 6.45) is 4.08. The van der Waals surface area contributed by atoms with E-state index in [0.717, 1.165) is 28.2 Å². The molecule has 3 aromatic rings. The highest BCUT2D eigenvalue weighted by Gasteiger charge is 2.12. The molecule has 0 N–H and O–H groups in total. The molecular formula is C15H16IN3O. The Morgan fingerprint density at radius 3 is 2.75 bits per heavy atom. The molecule has 0 aliphatic rings. The highest BCUT2D eigenvalue weighted by molar-refractivity contribution is 5.81. The van der Waals surface area contributed by atoms with Crippen LogP contribution in [0.1, 0.15) is 0 Å². The molecule has 104 valence electrons. The largest absolute Gasteiger partial charge is 1.00 e. The number of pyridine rings is 1. The van der Waals surface area contributed by atoms with E-state index in [-0.39, 0.29) is 24.0 Å². The van der Waals surface area contributed by atoms with Crippen LogP contribution in [0.3, 0.4) is 0 Å². The number of halogens is 1. The quantitative estimate of drug-likeness (QED) is 0.425. The average Bonchev–Trinajstić information content (AvgIpc) is 2.75. The Balaban J connectivity index is 0.00000147. The van der Waals surface area contributed by atoms with Crippen LogP contribution in [0.25, 0.3) is 22.4 Å². The summed E-state index contributed by atoms with van der Waals surface area (Å²) in [7, 11) is 5.71. The molecule has 2 heterocycles. The van der Waals surface area contributed by atoms with Crippen LogP contribution < -0.4 is 33.3 Å². The Morgan fingerprint density at radius 1 is 1.25 bits per heavy atom. The Hall–Kier alpha value is -1.63. The molecule has 5 heteroatoms. The van der Waals surface area contributed by atoms with Gasteiger partial charge in [0.05, 0.1) is 23.7 Å². The van der Waals surface area contributed by atoms with Crippen molar-refractivity contribution in [2.24, 2.45) is 14.1 Å². The second kappa shape index (κ2) is 5.78. The maximum Gasteiger partial charge on any atom is 0.179 e. The highest BCUT2D eigenvalue weighted by atomic mass is 127. The van der Waals surface area contributed by atoms with Gasteiger partial charge < -0.3 is 33.3 Å². The molecule has 0 unspecified atom stereocenters. The number of aryl methyl sites for hydroxylation is 2. The van der Waals surface area contributed by atoms with E-state index in [1.54, 1.807) is 7.11 Å². The zero-order valence-electron chi connectivity index (χ0n) is 11.7. The van der Waals surface area contributed by atoms with E-state index in [1.807, 2.05) is 49.1 Å². The van der Waals surface area contributed by atoms with E-state index < -0.39 is 0 Å². The lowest BCUT2D eigenvalue weighted by Gasteiger charge is -2.01. The fraction of sp³-hybridized carbons (Fsp3) is 0.200. The third-order valence-electron chi connectivity index (χ3n) is 3.29. The normalized spacial score (nSPS) is 10.3. The van der Waals surface area contributed by atoms with Crippen LogP contribution >= 0.6 is 0 Å². The molecule has 2 aromatic heterocycles. The number of benzene rings is 1. The van der Waals surface area contributed by atoms with Gasteiger partial charge in [-0.25, -0.2) is 9.55 Å². The SMILES string of the molecule is COc1ccc2c(c1)nc(-c1ccc[n+](C)c1)n2C.[I-]. The van der Waals surface area contributed by atoms with Crippen LogP contribution in [0, 0.1) is 0 Å². The van der Waals surface area contributed by atoms with E-state index in [4.69, 9.17) is 9.72 Å². The van der Waals surface area contributed by atoms with E-state index in [2.05, 4.69) is 16.8 Å². The maximum absolute atomic E-state index is 5.24. The van der Waals surface area contributed by atoms with E-state index in [1.165, 1.54) is 0 Å². The number of aromatic nitrogens is 3. The monoisotopic (exact) mass is 381 g/mol. The number of fused-ring (bicyclic) bond motifs is 1. The van der Waals surface area contributed by atoms with Crippen molar-refractivity contribution in [1.82, 2.24) is 9.55 Å². The fourth-order valence-electron chi connectivity index (χ4n) is 2.28. The first-order valence-corrected chi connectivity index (χ1v) is 6.15. The van der Waals surface area contributed by atoms with Gasteiger partial charge >= 0.3 is 0 Å². The summed E-state index contributed by atoms with van der Waals surface area (Å²) in [4.78, 5) is 4.70. The molecule has 0 bridgehead atoms. The Kier molecular flexibility index (Phi) is 4.27. The molecule has 0 aliphatic heterocycles. The average molecular weight is 381 g/mol. The van der Waals surface area contributed by atoms with Crippen molar-refractivity contribution in [3.8, 4) is 17.1 Å². The minimum atomic E-state index is 0. The third-order valence-corrected chi connectivity index (χ3v) is 3.29. The second-order valence-corrected chi connectivity index (χ2v) is 4.61. The minimum absolute atomic E-state index is 0. The number of hydrogen-bond acceptors (Lipinski definition) is 2. The molecule has 0 radical (unpaired) electrons. The smallest absolute Gasteiger partial charge is 0.179 e. The lowest BCUT2D eigenvalue weighted by molar-refractivity contribution is -0.671. The van der Waals surface area contributed by atoms with Crippen LogP contribution in [0.4, 0.5) is 0 Å². The number of imidazole rings is 1. The van der Waals surface area contributed by atoms with E-state index >= 15 is 0 Å². The van der Waals surface area contributed by atoms with Gasteiger partial charge in [-0.15, -0.1) is 0 Å². The van der Waals surface area contributed by atoms with Crippen molar-refractivity contribution in [1.29, 1.82) is 0 Å². The van der Waals surface area contributed by atoms with Crippen LogP contribution in [-0.2, 0) is 14.1 Å². The van der Waals surface area contributed by atoms with Crippen molar-refractivity contribution in [2.45, 2.75) is 0 Å². The van der Waals surface area contributed by atoms with Gasteiger partial charge in [0.15, 0.2) is 12.4 Å². The number of nitrogens with zero attached hydrogens (tertiary/aromatic N) is 3. The topological polar surface area (TPSA) is 30.9 Å². The van der Waals surface area contributed by atoms with Gasteiger partial charge in [-0.3, -0.25) is 0 Å². The molecule has 0 atom stereocenters. The first-order valence-electron chi connectivity index (χ1n) is 6.15. The van der Waals surface area contributed by atoms with Crippen molar-refractivity contribution < 1.29 is 33.3 Å². The summed E-state index contributed by atoms with van der Waals surface area (Å²) in [5, 5.41) is 0. The Labute approximate surface area is 135 Å². The van der Waals surface area contributed by atoms with Crippen LogP contribution in [0.15, 0.2) is 42.7 Å². The molecule has 1 aromatic carbocycles. The maximum atomic E-state index is 5.24. The Bertz CT molecular complexity index is 752. The lowest BCUT2D eigenvalue weighted by atomic mass is 10.2. The molecular weight excluding hydrogens is 365 g/mol. The van der Waals surface area contributed by atoms with Gasteiger partial charge in [0.2, 0.25) is 0 Å². The highest BCUT2D eigenvalue weighted by Crippen LogP contribution is 2.25. The molecule has 0 saturated heterocycles. The van der Waals surface area contributed by atoms with Gasteiger partial charge in [0.25, 0.3) is 0 Å². The predicted octanol–water partition coefficient (Wildman–Crippen LogP) is -0.923. The molecule has 0 fully saturated rings. The van der Waals surface area contributed by atoms with Crippen LogP contribution in [-0.4, -0.2) is 16.7 Å². The summed E-state index contributed by atoms with van der Waals surface area (Å²) < 4.78 is 9.37. The standard InChI is InChI=1S/C15H16N3O.HI/c1-17-8-4-5-11(10-17)15-16-13-9-12(19-3)6-7-14(13)18(15)2;/h4-10H,1-3H3;1H/q+1;/p-1. The van der Waals surface area contributed by atoms with E-state index in [9.17, 15) is 0 Å². The summed E-state index contributed by atoms with van der Waals surface area (Å²) in [6, 6.07) is 10.0. The van der Waals surface area contributed by atoms with Crippen molar-refractivity contribution in [3.05, 3.63) is 42.7 Å². The summed E-state index contributed by atoms with van der Waals surface area (Å²) in [6.45, 7) is 0. The molecule has 0 aliphatic carbocycles. The van der Waals surface area contributed by atoms with Gasteiger partial charge in [-0.05, 0) is 18.2 Å². The molecule has 4 nitrogen and oxygen atoms in total. The van der Waals surface area contributed by atoms with Crippen molar-refractivity contribution in [2.75, 3.05) is 7.11 Å². The Morgan fingerprint density at radius 2 is 2.05 bits per heavy atom. The zero-order valence-corrected chi connectivity index (χ0v) is 13.8. The number of ether oxygens (including phenoxy) is 1. The predicted molar refractivity (Wildman–Crippen MR) is 73.9 cm³/mol. The zero-order chi connectivity index (χ0) is 13.4. The van der Waals surface area contributed by atoms with Crippen LogP contribution in [0.5, 0.6) is 5.75 Å². The molecule has 20 heavy (non-hydrogen) atoms. The lowest BCUT2D eigenvalue weighted by Crippen LogP contribution is -3.00. The number of rotatable bonds is 2. The number of methoxy groups -OCH3 is 1. The fourth-order valence-corrected chi connectivity index (χ4v) is 2.28. The first kappa shape index (κ1) is 14.8. The second-order valence-electron chi connectivity index (χ2n) is 4.61. The molecule has 0 saturated carbocycles. The van der Waals surface area contributed by atoms with Gasteiger partial charge in [-0.1, -0.05) is 0 Å². The third kappa shape index (κ3) is 2.49. The minimum Gasteiger partial charge on any atom is -1.00 e. The van der Waals surface area contributed by atoms with Gasteiger partial charge in [-0.2, -0.15) is 0 Å². The summed E-state index contributed by atoms with van der Waals surface area (Å²) in [5.41, 5.74) is 3.15.